The highest BCUT2D eigenvalue weighted by Crippen LogP contribution is 2.19. The number of rotatable bonds is 8. The van der Waals surface area contributed by atoms with Gasteiger partial charge in [-0.3, -0.25) is 9.48 Å². The molecule has 5 nitrogen and oxygen atoms in total. The van der Waals surface area contributed by atoms with Gasteiger partial charge < -0.3 is 11.1 Å². The third kappa shape index (κ3) is 4.83. The summed E-state index contributed by atoms with van der Waals surface area (Å²) in [7, 11) is 0. The zero-order valence-electron chi connectivity index (χ0n) is 15.2. The largest absolute Gasteiger partial charge is 0.348 e. The number of nitrogens with zero attached hydrogens (tertiary/aromatic N) is 2. The standard InChI is InChI=1S/C19H27ClN4O/c1-4-5-9-16(11-21)22-19(25)18-13(2)23-24(14(18)3)12-15-8-6-7-10-17(15)20/h6-8,10,16H,4-5,9,11-12,21H2,1-3H3,(H,22,25). The van der Waals surface area contributed by atoms with E-state index in [9.17, 15) is 4.79 Å². The SMILES string of the molecule is CCCCC(CN)NC(=O)c1c(C)nn(Cc2ccccc2Cl)c1C. The summed E-state index contributed by atoms with van der Waals surface area (Å²) in [6.45, 7) is 6.87. The van der Waals surface area contributed by atoms with Crippen molar-refractivity contribution in [2.75, 3.05) is 6.54 Å². The Morgan fingerprint density at radius 2 is 2.08 bits per heavy atom. The number of unbranched alkanes of at least 4 members (excludes halogenated alkanes) is 1. The number of carbonyl (C=O) groups is 1. The van der Waals surface area contributed by atoms with E-state index < -0.39 is 0 Å². The van der Waals surface area contributed by atoms with E-state index in [1.807, 2.05) is 42.8 Å². The van der Waals surface area contributed by atoms with Crippen LogP contribution in [0.3, 0.4) is 0 Å². The first-order chi connectivity index (χ1) is 12.0. The van der Waals surface area contributed by atoms with Crippen LogP contribution in [-0.2, 0) is 6.54 Å². The predicted octanol–water partition coefficient (Wildman–Crippen LogP) is 3.45. The minimum absolute atomic E-state index is 0.00170. The fourth-order valence-electron chi connectivity index (χ4n) is 2.92. The van der Waals surface area contributed by atoms with Crippen LogP contribution in [0.2, 0.25) is 5.02 Å². The van der Waals surface area contributed by atoms with Crippen LogP contribution in [0.25, 0.3) is 0 Å². The molecule has 1 amide bonds. The number of halogens is 1. The minimum Gasteiger partial charge on any atom is -0.348 e. The highest BCUT2D eigenvalue weighted by Gasteiger charge is 2.21. The number of nitrogens with two attached hydrogens (primary N) is 1. The number of hydrogen-bond acceptors (Lipinski definition) is 3. The molecule has 1 aromatic heterocycles. The first-order valence-corrected chi connectivity index (χ1v) is 9.14. The van der Waals surface area contributed by atoms with Crippen LogP contribution in [0.1, 0.15) is 53.5 Å². The van der Waals surface area contributed by atoms with Gasteiger partial charge in [-0.05, 0) is 31.9 Å². The molecule has 0 aliphatic carbocycles. The van der Waals surface area contributed by atoms with Crippen LogP contribution in [0, 0.1) is 13.8 Å². The van der Waals surface area contributed by atoms with Gasteiger partial charge in [0, 0.05) is 23.3 Å². The van der Waals surface area contributed by atoms with Gasteiger partial charge in [0.15, 0.2) is 0 Å². The van der Waals surface area contributed by atoms with Crippen molar-refractivity contribution < 1.29 is 4.79 Å². The zero-order valence-corrected chi connectivity index (χ0v) is 15.9. The summed E-state index contributed by atoms with van der Waals surface area (Å²) in [6, 6.07) is 7.66. The summed E-state index contributed by atoms with van der Waals surface area (Å²) < 4.78 is 1.83. The van der Waals surface area contributed by atoms with Gasteiger partial charge in [-0.15, -0.1) is 0 Å². The van der Waals surface area contributed by atoms with Crippen molar-refractivity contribution in [3.8, 4) is 0 Å². The topological polar surface area (TPSA) is 72.9 Å². The van der Waals surface area contributed by atoms with Gasteiger partial charge in [0.1, 0.15) is 0 Å². The van der Waals surface area contributed by atoms with Crippen LogP contribution >= 0.6 is 11.6 Å². The van der Waals surface area contributed by atoms with E-state index in [1.54, 1.807) is 0 Å². The van der Waals surface area contributed by atoms with Crippen molar-refractivity contribution in [3.05, 3.63) is 51.8 Å². The number of nitrogens with one attached hydrogen (secondary N) is 1. The molecule has 0 fully saturated rings. The highest BCUT2D eigenvalue weighted by atomic mass is 35.5. The molecule has 1 unspecified atom stereocenters. The molecule has 1 aromatic carbocycles. The molecule has 0 aliphatic heterocycles. The first-order valence-electron chi connectivity index (χ1n) is 8.76. The Balaban J connectivity index is 2.18. The van der Waals surface area contributed by atoms with Crippen molar-refractivity contribution in [1.82, 2.24) is 15.1 Å². The molecular formula is C19H27ClN4O. The Morgan fingerprint density at radius 3 is 2.72 bits per heavy atom. The maximum Gasteiger partial charge on any atom is 0.255 e. The van der Waals surface area contributed by atoms with Crippen molar-refractivity contribution in [3.63, 3.8) is 0 Å². The summed E-state index contributed by atoms with van der Waals surface area (Å²) in [5.74, 6) is -0.105. The molecule has 0 aliphatic rings. The first kappa shape index (κ1) is 19.5. The third-order valence-electron chi connectivity index (χ3n) is 4.41. The number of aromatic nitrogens is 2. The van der Waals surface area contributed by atoms with Gasteiger partial charge in [0.2, 0.25) is 0 Å². The number of carbonyl (C=O) groups excluding carboxylic acids is 1. The zero-order chi connectivity index (χ0) is 18.4. The monoisotopic (exact) mass is 362 g/mol. The molecule has 0 radical (unpaired) electrons. The van der Waals surface area contributed by atoms with E-state index >= 15 is 0 Å². The van der Waals surface area contributed by atoms with E-state index in [1.165, 1.54) is 0 Å². The molecule has 1 heterocycles. The summed E-state index contributed by atoms with van der Waals surface area (Å²) >= 11 is 6.24. The van der Waals surface area contributed by atoms with E-state index in [4.69, 9.17) is 17.3 Å². The lowest BCUT2D eigenvalue weighted by atomic mass is 10.1. The Bertz CT molecular complexity index is 726. The second-order valence-electron chi connectivity index (χ2n) is 6.34. The Hall–Kier alpha value is -1.85. The maximum absolute atomic E-state index is 12.7. The van der Waals surface area contributed by atoms with E-state index in [-0.39, 0.29) is 11.9 Å². The summed E-state index contributed by atoms with van der Waals surface area (Å²) in [4.78, 5) is 12.7. The summed E-state index contributed by atoms with van der Waals surface area (Å²) in [5, 5.41) is 8.27. The number of amides is 1. The van der Waals surface area contributed by atoms with Crippen molar-refractivity contribution >= 4 is 17.5 Å². The molecule has 136 valence electrons. The van der Waals surface area contributed by atoms with Crippen LogP contribution in [0.4, 0.5) is 0 Å². The van der Waals surface area contributed by atoms with Crippen LogP contribution in [-0.4, -0.2) is 28.3 Å². The van der Waals surface area contributed by atoms with Gasteiger partial charge in [-0.2, -0.15) is 5.10 Å². The average molecular weight is 363 g/mol. The lowest BCUT2D eigenvalue weighted by molar-refractivity contribution is 0.0934. The molecule has 2 rings (SSSR count). The van der Waals surface area contributed by atoms with E-state index in [0.29, 0.717) is 29.4 Å². The van der Waals surface area contributed by atoms with Crippen molar-refractivity contribution in [2.45, 2.75) is 52.6 Å². The lowest BCUT2D eigenvalue weighted by Gasteiger charge is -2.16. The van der Waals surface area contributed by atoms with Gasteiger partial charge in [-0.25, -0.2) is 0 Å². The summed E-state index contributed by atoms with van der Waals surface area (Å²) in [5.41, 5.74) is 8.94. The quantitative estimate of drug-likeness (QED) is 0.755. The van der Waals surface area contributed by atoms with Crippen LogP contribution in [0.5, 0.6) is 0 Å². The Kier molecular flexibility index (Phi) is 7.02. The molecule has 0 saturated carbocycles. The highest BCUT2D eigenvalue weighted by molar-refractivity contribution is 6.31. The van der Waals surface area contributed by atoms with E-state index in [0.717, 1.165) is 30.5 Å². The lowest BCUT2D eigenvalue weighted by Crippen LogP contribution is -2.40. The third-order valence-corrected chi connectivity index (χ3v) is 4.78. The van der Waals surface area contributed by atoms with Crippen LogP contribution in [0.15, 0.2) is 24.3 Å². The molecule has 0 spiro atoms. The second kappa shape index (κ2) is 9.02. The van der Waals surface area contributed by atoms with Crippen LogP contribution < -0.4 is 11.1 Å². The molecule has 2 aromatic rings. The molecule has 1 atom stereocenters. The van der Waals surface area contributed by atoms with Crippen molar-refractivity contribution in [2.24, 2.45) is 5.73 Å². The number of benzene rings is 1. The molecular weight excluding hydrogens is 336 g/mol. The molecule has 3 N–H and O–H groups in total. The molecule has 6 heteroatoms. The molecule has 25 heavy (non-hydrogen) atoms. The van der Waals surface area contributed by atoms with Gasteiger partial charge in [0.25, 0.3) is 5.91 Å². The smallest absolute Gasteiger partial charge is 0.255 e. The van der Waals surface area contributed by atoms with Crippen molar-refractivity contribution in [1.29, 1.82) is 0 Å². The Labute approximate surface area is 154 Å². The van der Waals surface area contributed by atoms with Gasteiger partial charge >= 0.3 is 0 Å². The molecule has 0 saturated heterocycles. The average Bonchev–Trinajstić information content (AvgIpc) is 2.87. The predicted molar refractivity (Wildman–Crippen MR) is 102 cm³/mol. The fraction of sp³-hybridized carbons (Fsp3) is 0.474. The second-order valence-corrected chi connectivity index (χ2v) is 6.75. The normalized spacial score (nSPS) is 12.2. The van der Waals surface area contributed by atoms with E-state index in [2.05, 4.69) is 17.3 Å². The fourth-order valence-corrected chi connectivity index (χ4v) is 3.12. The summed E-state index contributed by atoms with van der Waals surface area (Å²) in [6.07, 6.45) is 3.02. The minimum atomic E-state index is -0.105. The van der Waals surface area contributed by atoms with Gasteiger partial charge in [-0.1, -0.05) is 49.6 Å². The Morgan fingerprint density at radius 1 is 1.36 bits per heavy atom. The number of hydrogen-bond donors (Lipinski definition) is 2. The number of aryl methyl sites for hydroxylation is 1. The maximum atomic E-state index is 12.7. The van der Waals surface area contributed by atoms with Gasteiger partial charge in [0.05, 0.1) is 17.8 Å². The molecule has 0 bridgehead atoms.